The van der Waals surface area contributed by atoms with Crippen molar-refractivity contribution < 1.29 is 16.8 Å². The van der Waals surface area contributed by atoms with Gasteiger partial charge in [-0.05, 0) is 36.4 Å². The number of hydrogen-bond acceptors (Lipinski definition) is 5. The summed E-state index contributed by atoms with van der Waals surface area (Å²) in [6.45, 7) is 1.62. The first kappa shape index (κ1) is 18.6. The Morgan fingerprint density at radius 2 is 1.58 bits per heavy atom. The molecule has 1 heterocycles. The lowest BCUT2D eigenvalue weighted by Gasteiger charge is -2.16. The molecule has 0 amide bonds. The molecule has 0 fully saturated rings. The van der Waals surface area contributed by atoms with Gasteiger partial charge in [-0.1, -0.05) is 19.1 Å². The van der Waals surface area contributed by atoms with Gasteiger partial charge in [0.2, 0.25) is 10.0 Å². The number of sulfonamides is 1. The maximum Gasteiger partial charge on any atom is 0.243 e. The largest absolute Gasteiger partial charge is 0.341 e. The van der Waals surface area contributed by atoms with E-state index >= 15 is 0 Å². The monoisotopic (exact) mass is 393 g/mol. The van der Waals surface area contributed by atoms with Gasteiger partial charge in [0.1, 0.15) is 5.82 Å². The Hall–Kier alpha value is -2.23. The van der Waals surface area contributed by atoms with Gasteiger partial charge in [-0.3, -0.25) is 0 Å². The number of H-pyrrole nitrogens is 1. The number of aromatic amines is 1. The van der Waals surface area contributed by atoms with Gasteiger partial charge in [-0.2, -0.15) is 4.31 Å². The molecule has 7 nitrogen and oxygen atoms in total. The fourth-order valence-electron chi connectivity index (χ4n) is 2.54. The molecule has 0 aliphatic carbocycles. The lowest BCUT2D eigenvalue weighted by Crippen LogP contribution is -2.27. The van der Waals surface area contributed by atoms with Gasteiger partial charge < -0.3 is 4.98 Å². The highest BCUT2D eigenvalue weighted by Crippen LogP contribution is 2.20. The molecule has 1 N–H and O–H groups in total. The minimum absolute atomic E-state index is 0.0335. The molecule has 0 bridgehead atoms. The average Bonchev–Trinajstić information content (AvgIpc) is 3.04. The highest BCUT2D eigenvalue weighted by molar-refractivity contribution is 7.91. The molecule has 3 rings (SSSR count). The molecule has 2 aromatic carbocycles. The van der Waals surface area contributed by atoms with Gasteiger partial charge in [0.05, 0.1) is 33.1 Å². The van der Waals surface area contributed by atoms with Crippen molar-refractivity contribution in [3.63, 3.8) is 0 Å². The van der Waals surface area contributed by atoms with E-state index in [0.717, 1.165) is 11.0 Å². The van der Waals surface area contributed by atoms with Gasteiger partial charge in [-0.15, -0.1) is 0 Å². The minimum Gasteiger partial charge on any atom is -0.341 e. The third-order valence-corrected chi connectivity index (χ3v) is 7.65. The number of nitrogens with zero attached hydrogens (tertiary/aromatic N) is 2. The maximum atomic E-state index is 12.7. The average molecular weight is 393 g/mol. The third kappa shape index (κ3) is 3.50. The van der Waals surface area contributed by atoms with Crippen LogP contribution in [0.4, 0.5) is 0 Å². The van der Waals surface area contributed by atoms with Crippen molar-refractivity contribution in [3.05, 3.63) is 54.4 Å². The number of benzene rings is 2. The number of hydrogen-bond donors (Lipinski definition) is 1. The molecule has 0 saturated heterocycles. The number of imidazole rings is 1. The highest BCUT2D eigenvalue weighted by Gasteiger charge is 2.23. The van der Waals surface area contributed by atoms with Crippen molar-refractivity contribution in [3.8, 4) is 0 Å². The Bertz CT molecular complexity index is 1100. The lowest BCUT2D eigenvalue weighted by atomic mass is 10.3. The number of aromatic nitrogens is 2. The molecule has 9 heteroatoms. The number of sulfone groups is 1. The van der Waals surface area contributed by atoms with Crippen LogP contribution in [0.5, 0.6) is 0 Å². The van der Waals surface area contributed by atoms with Crippen LogP contribution in [0.25, 0.3) is 11.0 Å². The topological polar surface area (TPSA) is 100 Å². The van der Waals surface area contributed by atoms with E-state index in [1.807, 2.05) is 24.3 Å². The molecule has 0 spiro atoms. The lowest BCUT2D eigenvalue weighted by molar-refractivity contribution is 0.458. The molecule has 26 heavy (non-hydrogen) atoms. The summed E-state index contributed by atoms with van der Waals surface area (Å²) in [7, 11) is -5.68. The zero-order chi connectivity index (χ0) is 18.9. The second-order valence-corrected chi connectivity index (χ2v) is 10.2. The molecular formula is C17H19N3O4S2. The van der Waals surface area contributed by atoms with Crippen molar-refractivity contribution >= 4 is 30.9 Å². The van der Waals surface area contributed by atoms with Gasteiger partial charge in [0.25, 0.3) is 0 Å². The van der Waals surface area contributed by atoms with Crippen LogP contribution >= 0.6 is 0 Å². The van der Waals surface area contributed by atoms with Gasteiger partial charge in [0, 0.05) is 7.05 Å². The Morgan fingerprint density at radius 1 is 0.962 bits per heavy atom. The van der Waals surface area contributed by atoms with E-state index in [9.17, 15) is 16.8 Å². The predicted octanol–water partition coefficient (Wildman–Crippen LogP) is 2.18. The van der Waals surface area contributed by atoms with Crippen molar-refractivity contribution in [1.82, 2.24) is 14.3 Å². The predicted molar refractivity (Wildman–Crippen MR) is 98.9 cm³/mol. The highest BCUT2D eigenvalue weighted by atomic mass is 32.2. The first-order valence-corrected chi connectivity index (χ1v) is 11.1. The summed E-state index contributed by atoms with van der Waals surface area (Å²) in [5, 5.41) is 0. The normalized spacial score (nSPS) is 12.7. The van der Waals surface area contributed by atoms with Gasteiger partial charge >= 0.3 is 0 Å². The Morgan fingerprint density at radius 3 is 2.19 bits per heavy atom. The summed E-state index contributed by atoms with van der Waals surface area (Å²) in [6, 6.07) is 12.7. The summed E-state index contributed by atoms with van der Waals surface area (Å²) in [6.07, 6.45) is 0. The second kappa shape index (κ2) is 6.82. The van der Waals surface area contributed by atoms with E-state index in [1.165, 1.54) is 35.6 Å². The van der Waals surface area contributed by atoms with E-state index in [4.69, 9.17) is 0 Å². The van der Waals surface area contributed by atoms with Crippen LogP contribution in [0.1, 0.15) is 12.7 Å². The molecule has 0 radical (unpaired) electrons. The summed E-state index contributed by atoms with van der Waals surface area (Å²) in [5.74, 6) is 0.493. The van der Waals surface area contributed by atoms with Crippen molar-refractivity contribution in [2.24, 2.45) is 0 Å². The minimum atomic E-state index is -3.77. The third-order valence-electron chi connectivity index (χ3n) is 4.08. The summed E-state index contributed by atoms with van der Waals surface area (Å²) in [5.41, 5.74) is 1.60. The first-order valence-electron chi connectivity index (χ1n) is 7.97. The van der Waals surface area contributed by atoms with Crippen LogP contribution < -0.4 is 0 Å². The summed E-state index contributed by atoms with van der Waals surface area (Å²) in [4.78, 5) is 7.61. The van der Waals surface area contributed by atoms with E-state index < -0.39 is 19.9 Å². The van der Waals surface area contributed by atoms with Crippen molar-refractivity contribution in [1.29, 1.82) is 0 Å². The quantitative estimate of drug-likeness (QED) is 0.692. The molecule has 0 atom stereocenters. The molecule has 3 aromatic rings. The van der Waals surface area contributed by atoms with Crippen LogP contribution in [0.2, 0.25) is 0 Å². The SMILES string of the molecule is CCS(=O)(=O)c1ccc(S(=O)(=O)N(C)Cc2nc3ccccc3[nH]2)cc1. The van der Waals surface area contributed by atoms with Crippen LogP contribution in [0, 0.1) is 0 Å². The fraction of sp³-hybridized carbons (Fsp3) is 0.235. The molecule has 0 saturated carbocycles. The van der Waals surface area contributed by atoms with Crippen molar-refractivity contribution in [2.45, 2.75) is 23.3 Å². The summed E-state index contributed by atoms with van der Waals surface area (Å²) >= 11 is 0. The number of para-hydroxylation sites is 2. The number of rotatable bonds is 6. The number of nitrogens with one attached hydrogen (secondary N) is 1. The molecule has 1 aromatic heterocycles. The van der Waals surface area contributed by atoms with E-state index in [0.29, 0.717) is 5.82 Å². The van der Waals surface area contributed by atoms with E-state index in [2.05, 4.69) is 9.97 Å². The Kier molecular flexibility index (Phi) is 4.87. The van der Waals surface area contributed by atoms with Crippen LogP contribution in [-0.4, -0.2) is 43.9 Å². The fourth-order valence-corrected chi connectivity index (χ4v) is 4.56. The molecule has 138 valence electrons. The van der Waals surface area contributed by atoms with Crippen LogP contribution in [-0.2, 0) is 26.4 Å². The zero-order valence-electron chi connectivity index (χ0n) is 14.4. The van der Waals surface area contributed by atoms with E-state index in [-0.39, 0.29) is 22.1 Å². The van der Waals surface area contributed by atoms with Gasteiger partial charge in [0.15, 0.2) is 9.84 Å². The smallest absolute Gasteiger partial charge is 0.243 e. The maximum absolute atomic E-state index is 12.7. The van der Waals surface area contributed by atoms with Crippen LogP contribution in [0.3, 0.4) is 0 Å². The standard InChI is InChI=1S/C17H19N3O4S2/c1-3-25(21,22)13-8-10-14(11-9-13)26(23,24)20(2)12-17-18-15-6-4-5-7-16(15)19-17/h4-11H,3,12H2,1-2H3,(H,18,19). The van der Waals surface area contributed by atoms with Gasteiger partial charge in [-0.25, -0.2) is 21.8 Å². The Labute approximate surface area is 152 Å². The molecule has 0 aliphatic rings. The zero-order valence-corrected chi connectivity index (χ0v) is 16.0. The number of fused-ring (bicyclic) bond motifs is 1. The summed E-state index contributed by atoms with van der Waals surface area (Å²) < 4.78 is 50.3. The molecule has 0 unspecified atom stereocenters. The first-order chi connectivity index (χ1) is 12.2. The second-order valence-electron chi connectivity index (χ2n) is 5.84. The van der Waals surface area contributed by atoms with Crippen LogP contribution in [0.15, 0.2) is 58.3 Å². The molecular weight excluding hydrogens is 374 g/mol. The molecule has 0 aliphatic heterocycles. The Balaban J connectivity index is 1.84. The van der Waals surface area contributed by atoms with Crippen molar-refractivity contribution in [2.75, 3.05) is 12.8 Å². The van der Waals surface area contributed by atoms with E-state index in [1.54, 1.807) is 6.92 Å².